The highest BCUT2D eigenvalue weighted by atomic mass is 16.3. The lowest BCUT2D eigenvalue weighted by molar-refractivity contribution is 0.570. The van der Waals surface area contributed by atoms with E-state index in [1.165, 1.54) is 22.3 Å². The van der Waals surface area contributed by atoms with Gasteiger partial charge in [-0.15, -0.1) is 0 Å². The first-order chi connectivity index (χ1) is 9.69. The molecule has 4 rings (SSSR count). The zero-order chi connectivity index (χ0) is 13.7. The maximum atomic E-state index is 5.53. The summed E-state index contributed by atoms with van der Waals surface area (Å²) in [4.78, 5) is 4.33. The Morgan fingerprint density at radius 2 is 1.65 bits per heavy atom. The summed E-state index contributed by atoms with van der Waals surface area (Å²) in [5.41, 5.74) is 6.35. The van der Waals surface area contributed by atoms with Crippen LogP contribution in [0.4, 0.5) is 0 Å². The quantitative estimate of drug-likeness (QED) is 0.637. The van der Waals surface area contributed by atoms with Crippen molar-refractivity contribution in [3.05, 3.63) is 66.1 Å². The Bertz CT molecular complexity index is 785. The van der Waals surface area contributed by atoms with Crippen LogP contribution in [0.3, 0.4) is 0 Å². The van der Waals surface area contributed by atoms with Crippen LogP contribution in [0, 0.1) is 0 Å². The molecule has 0 N–H and O–H groups in total. The molecule has 0 amide bonds. The molecule has 20 heavy (non-hydrogen) atoms. The molecule has 1 aliphatic rings. The minimum atomic E-state index is -0.0308. The minimum Gasteiger partial charge on any atom is -0.445 e. The van der Waals surface area contributed by atoms with Gasteiger partial charge in [0.25, 0.3) is 0 Å². The highest BCUT2D eigenvalue weighted by molar-refractivity contribution is 5.86. The van der Waals surface area contributed by atoms with Crippen LogP contribution in [-0.4, -0.2) is 4.98 Å². The van der Waals surface area contributed by atoms with Gasteiger partial charge in [-0.05, 0) is 28.3 Å². The van der Waals surface area contributed by atoms with E-state index in [-0.39, 0.29) is 5.41 Å². The summed E-state index contributed by atoms with van der Waals surface area (Å²) in [6.07, 6.45) is 3.33. The summed E-state index contributed by atoms with van der Waals surface area (Å²) in [5.74, 6) is 0.697. The molecule has 2 heteroatoms. The van der Waals surface area contributed by atoms with E-state index < -0.39 is 0 Å². The topological polar surface area (TPSA) is 26.0 Å². The highest BCUT2D eigenvalue weighted by Gasteiger charge is 2.37. The van der Waals surface area contributed by atoms with Crippen LogP contribution in [0.25, 0.3) is 22.6 Å². The van der Waals surface area contributed by atoms with Gasteiger partial charge in [-0.2, -0.15) is 0 Å². The SMILES string of the molecule is CC1(C)c2ccccc2-c2cccc(-c3ncco3)c21. The van der Waals surface area contributed by atoms with Crippen molar-refractivity contribution in [3.8, 4) is 22.6 Å². The lowest BCUT2D eigenvalue weighted by Gasteiger charge is -2.23. The number of fused-ring (bicyclic) bond motifs is 3. The molecule has 0 bridgehead atoms. The van der Waals surface area contributed by atoms with Crippen molar-refractivity contribution in [1.82, 2.24) is 4.98 Å². The van der Waals surface area contributed by atoms with E-state index in [2.05, 4.69) is 61.3 Å². The summed E-state index contributed by atoms with van der Waals surface area (Å²) in [6, 6.07) is 15.0. The van der Waals surface area contributed by atoms with E-state index >= 15 is 0 Å². The predicted octanol–water partition coefficient (Wildman–Crippen LogP) is 4.65. The molecule has 0 fully saturated rings. The molecular formula is C18H15NO. The third kappa shape index (κ3) is 1.36. The van der Waals surface area contributed by atoms with Crippen LogP contribution >= 0.6 is 0 Å². The Labute approximate surface area is 118 Å². The Morgan fingerprint density at radius 1 is 0.900 bits per heavy atom. The summed E-state index contributed by atoms with van der Waals surface area (Å²) < 4.78 is 5.53. The first kappa shape index (κ1) is 11.5. The first-order valence-electron chi connectivity index (χ1n) is 6.83. The number of rotatable bonds is 1. The molecule has 0 saturated heterocycles. The van der Waals surface area contributed by atoms with Gasteiger partial charge in [-0.1, -0.05) is 50.2 Å². The average molecular weight is 261 g/mol. The van der Waals surface area contributed by atoms with Crippen LogP contribution in [0.2, 0.25) is 0 Å². The second kappa shape index (κ2) is 3.83. The van der Waals surface area contributed by atoms with E-state index in [0.29, 0.717) is 5.89 Å². The fourth-order valence-corrected chi connectivity index (χ4v) is 3.38. The fraction of sp³-hybridized carbons (Fsp3) is 0.167. The van der Waals surface area contributed by atoms with Crippen molar-refractivity contribution in [1.29, 1.82) is 0 Å². The van der Waals surface area contributed by atoms with E-state index in [0.717, 1.165) is 5.56 Å². The van der Waals surface area contributed by atoms with Crippen LogP contribution in [0.15, 0.2) is 59.3 Å². The molecule has 1 aromatic heterocycles. The normalized spacial score (nSPS) is 14.9. The van der Waals surface area contributed by atoms with Crippen molar-refractivity contribution >= 4 is 0 Å². The standard InChI is InChI=1S/C18H15NO/c1-18(2)15-9-4-3-6-12(15)13-7-5-8-14(16(13)18)17-19-10-11-20-17/h3-11H,1-2H3. The van der Waals surface area contributed by atoms with Gasteiger partial charge >= 0.3 is 0 Å². The number of benzene rings is 2. The van der Waals surface area contributed by atoms with Crippen LogP contribution in [-0.2, 0) is 5.41 Å². The Balaban J connectivity index is 2.08. The molecule has 2 nitrogen and oxygen atoms in total. The lowest BCUT2D eigenvalue weighted by atomic mass is 9.80. The molecule has 98 valence electrons. The fourth-order valence-electron chi connectivity index (χ4n) is 3.38. The smallest absolute Gasteiger partial charge is 0.226 e. The monoisotopic (exact) mass is 261 g/mol. The molecule has 0 spiro atoms. The van der Waals surface area contributed by atoms with Crippen molar-refractivity contribution in [2.24, 2.45) is 0 Å². The predicted molar refractivity (Wildman–Crippen MR) is 79.5 cm³/mol. The largest absolute Gasteiger partial charge is 0.445 e. The number of oxazole rings is 1. The molecule has 3 aromatic rings. The van der Waals surface area contributed by atoms with E-state index in [1.807, 2.05) is 0 Å². The zero-order valence-corrected chi connectivity index (χ0v) is 11.6. The minimum absolute atomic E-state index is 0.0308. The molecule has 0 atom stereocenters. The van der Waals surface area contributed by atoms with Crippen LogP contribution in [0.1, 0.15) is 25.0 Å². The van der Waals surface area contributed by atoms with E-state index in [9.17, 15) is 0 Å². The molecule has 1 heterocycles. The van der Waals surface area contributed by atoms with Gasteiger partial charge < -0.3 is 4.42 Å². The number of hydrogen-bond donors (Lipinski definition) is 0. The molecule has 0 saturated carbocycles. The molecule has 0 aliphatic heterocycles. The van der Waals surface area contributed by atoms with Crippen LogP contribution in [0.5, 0.6) is 0 Å². The molecule has 0 unspecified atom stereocenters. The second-order valence-corrected chi connectivity index (χ2v) is 5.74. The number of hydrogen-bond acceptors (Lipinski definition) is 2. The van der Waals surface area contributed by atoms with Gasteiger partial charge in [0.1, 0.15) is 6.26 Å². The summed E-state index contributed by atoms with van der Waals surface area (Å²) in [6.45, 7) is 4.54. The van der Waals surface area contributed by atoms with Crippen molar-refractivity contribution in [2.45, 2.75) is 19.3 Å². The third-order valence-electron chi connectivity index (χ3n) is 4.24. The van der Waals surface area contributed by atoms with Crippen molar-refractivity contribution in [2.75, 3.05) is 0 Å². The average Bonchev–Trinajstić information content (AvgIpc) is 3.07. The maximum absolute atomic E-state index is 5.53. The van der Waals surface area contributed by atoms with Crippen LogP contribution < -0.4 is 0 Å². The van der Waals surface area contributed by atoms with Gasteiger partial charge in [0, 0.05) is 11.0 Å². The van der Waals surface area contributed by atoms with Gasteiger partial charge in [-0.25, -0.2) is 4.98 Å². The van der Waals surface area contributed by atoms with Crippen molar-refractivity contribution in [3.63, 3.8) is 0 Å². The molecule has 2 aromatic carbocycles. The Hall–Kier alpha value is -2.35. The summed E-state index contributed by atoms with van der Waals surface area (Å²) >= 11 is 0. The Kier molecular flexibility index (Phi) is 2.19. The zero-order valence-electron chi connectivity index (χ0n) is 11.6. The van der Waals surface area contributed by atoms with Gasteiger partial charge in [-0.3, -0.25) is 0 Å². The second-order valence-electron chi connectivity index (χ2n) is 5.74. The molecule has 0 radical (unpaired) electrons. The third-order valence-corrected chi connectivity index (χ3v) is 4.24. The van der Waals surface area contributed by atoms with Gasteiger partial charge in [0.2, 0.25) is 5.89 Å². The Morgan fingerprint density at radius 3 is 2.45 bits per heavy atom. The van der Waals surface area contributed by atoms with Gasteiger partial charge in [0.05, 0.1) is 6.20 Å². The first-order valence-corrected chi connectivity index (χ1v) is 6.83. The summed E-state index contributed by atoms with van der Waals surface area (Å²) in [7, 11) is 0. The maximum Gasteiger partial charge on any atom is 0.226 e. The summed E-state index contributed by atoms with van der Waals surface area (Å²) in [5, 5.41) is 0. The van der Waals surface area contributed by atoms with Gasteiger partial charge in [0.15, 0.2) is 0 Å². The van der Waals surface area contributed by atoms with E-state index in [1.54, 1.807) is 12.5 Å². The highest BCUT2D eigenvalue weighted by Crippen LogP contribution is 2.51. The van der Waals surface area contributed by atoms with E-state index in [4.69, 9.17) is 4.42 Å². The lowest BCUT2D eigenvalue weighted by Crippen LogP contribution is -2.16. The molecular weight excluding hydrogens is 246 g/mol. The van der Waals surface area contributed by atoms with Crippen molar-refractivity contribution < 1.29 is 4.42 Å². The molecule has 1 aliphatic carbocycles. The number of aromatic nitrogens is 1. The number of nitrogens with zero attached hydrogens (tertiary/aromatic N) is 1.